The van der Waals surface area contributed by atoms with Crippen LogP contribution in [0.25, 0.3) is 11.3 Å². The lowest BCUT2D eigenvalue weighted by Crippen LogP contribution is -2.09. The van der Waals surface area contributed by atoms with E-state index in [1.165, 1.54) is 24.5 Å². The molecule has 1 aromatic heterocycles. The summed E-state index contributed by atoms with van der Waals surface area (Å²) in [5.41, 5.74) is 17.3. The molecule has 8 heteroatoms. The molecule has 0 aliphatic heterocycles. The van der Waals surface area contributed by atoms with Gasteiger partial charge >= 0.3 is 11.9 Å². The minimum atomic E-state index is -1.14. The molecule has 1 unspecified atom stereocenters. The molecule has 0 spiro atoms. The highest BCUT2D eigenvalue weighted by atomic mass is 16.4. The maximum Gasteiger partial charge on any atom is 0.337 e. The van der Waals surface area contributed by atoms with Gasteiger partial charge in [0.25, 0.3) is 0 Å². The lowest BCUT2D eigenvalue weighted by Gasteiger charge is -2.25. The quantitative estimate of drug-likeness (QED) is 0.0898. The first-order valence-corrected chi connectivity index (χ1v) is 13.7. The van der Waals surface area contributed by atoms with Crippen LogP contribution in [0.1, 0.15) is 35.0 Å². The zero-order valence-corrected chi connectivity index (χ0v) is 23.7. The number of H-pyrrole nitrogens is 1. The number of aromatic carboxylic acids is 1. The maximum atomic E-state index is 11.9. The van der Waals surface area contributed by atoms with Crippen molar-refractivity contribution in [2.24, 2.45) is 17.4 Å². The third kappa shape index (κ3) is 7.92. The van der Waals surface area contributed by atoms with E-state index in [0.29, 0.717) is 12.1 Å². The number of anilines is 3. The Kier molecular flexibility index (Phi) is 9.99. The van der Waals surface area contributed by atoms with Crippen molar-refractivity contribution < 1.29 is 19.8 Å². The summed E-state index contributed by atoms with van der Waals surface area (Å²) >= 11 is 0. The standard InChI is InChI=1S/C35H34N4O4/c1-24(12-13-27(34(40)41)21-32(37)33-22-28(23-38-33)35(42)43)20-26(18-19-36)25-14-16-31(17-15-25)39(29-8-4-2-5-9-29)30-10-6-3-7-11-30/h2-11,13-24,38H,12,36-37H2,1H3,(H,40,41)(H,42,43)/b19-18-,26-20+,27-13+,32-21-. The summed E-state index contributed by atoms with van der Waals surface area (Å²) in [6.07, 6.45) is 9.99. The molecule has 0 saturated heterocycles. The van der Waals surface area contributed by atoms with Gasteiger partial charge in [-0.1, -0.05) is 67.6 Å². The van der Waals surface area contributed by atoms with Gasteiger partial charge in [-0.25, -0.2) is 9.59 Å². The van der Waals surface area contributed by atoms with Gasteiger partial charge in [0.2, 0.25) is 0 Å². The van der Waals surface area contributed by atoms with Crippen LogP contribution in [0.15, 0.2) is 133 Å². The fourth-order valence-electron chi connectivity index (χ4n) is 4.58. The van der Waals surface area contributed by atoms with Crippen LogP contribution in [0.4, 0.5) is 17.1 Å². The molecule has 4 aromatic rings. The van der Waals surface area contributed by atoms with Crippen LogP contribution in [-0.2, 0) is 4.79 Å². The van der Waals surface area contributed by atoms with E-state index in [2.05, 4.69) is 46.3 Å². The number of aromatic amines is 1. The van der Waals surface area contributed by atoms with E-state index in [0.717, 1.165) is 28.2 Å². The number of hydrogen-bond acceptors (Lipinski definition) is 5. The largest absolute Gasteiger partial charge is 0.478 e. The van der Waals surface area contributed by atoms with Crippen LogP contribution < -0.4 is 16.4 Å². The number of carboxylic acid groups (broad SMARTS) is 2. The van der Waals surface area contributed by atoms with Gasteiger partial charge in [0.1, 0.15) is 0 Å². The van der Waals surface area contributed by atoms with Gasteiger partial charge in [0.05, 0.1) is 22.5 Å². The number of nitrogens with zero attached hydrogens (tertiary/aromatic N) is 1. The first-order chi connectivity index (χ1) is 20.8. The summed E-state index contributed by atoms with van der Waals surface area (Å²) in [6.45, 7) is 1.98. The highest BCUT2D eigenvalue weighted by Crippen LogP contribution is 2.35. The van der Waals surface area contributed by atoms with E-state index in [1.807, 2.05) is 67.6 Å². The average Bonchev–Trinajstić information content (AvgIpc) is 3.52. The molecule has 4 rings (SSSR count). The Morgan fingerprint density at radius 1 is 0.884 bits per heavy atom. The van der Waals surface area contributed by atoms with Gasteiger partial charge in [-0.2, -0.15) is 0 Å². The Labute approximate surface area is 250 Å². The Hall–Kier alpha value is -5.76. The minimum absolute atomic E-state index is 0.00594. The van der Waals surface area contributed by atoms with E-state index in [4.69, 9.17) is 16.6 Å². The Balaban J connectivity index is 1.56. The summed E-state index contributed by atoms with van der Waals surface area (Å²) in [7, 11) is 0. The fraction of sp³-hybridized carbons (Fsp3) is 0.0857. The molecule has 7 N–H and O–H groups in total. The van der Waals surface area contributed by atoms with E-state index < -0.39 is 11.9 Å². The van der Waals surface area contributed by atoms with E-state index in [1.54, 1.807) is 6.08 Å². The smallest absolute Gasteiger partial charge is 0.337 e. The van der Waals surface area contributed by atoms with Gasteiger partial charge in [-0.15, -0.1) is 0 Å². The molecular formula is C35H34N4O4. The number of aliphatic carboxylic acids is 1. The minimum Gasteiger partial charge on any atom is -0.478 e. The summed E-state index contributed by atoms with van der Waals surface area (Å²) < 4.78 is 0. The molecule has 0 aliphatic rings. The molecule has 8 nitrogen and oxygen atoms in total. The third-order valence-electron chi connectivity index (χ3n) is 6.74. The second-order valence-corrected chi connectivity index (χ2v) is 9.92. The molecule has 0 saturated carbocycles. The molecule has 0 aliphatic carbocycles. The van der Waals surface area contributed by atoms with Crippen molar-refractivity contribution in [3.8, 4) is 0 Å². The third-order valence-corrected chi connectivity index (χ3v) is 6.74. The fourth-order valence-corrected chi connectivity index (χ4v) is 4.58. The van der Waals surface area contributed by atoms with Crippen molar-refractivity contribution in [3.05, 3.63) is 150 Å². The molecule has 1 atom stereocenters. The molecule has 3 aromatic carbocycles. The van der Waals surface area contributed by atoms with Crippen molar-refractivity contribution >= 4 is 40.3 Å². The van der Waals surface area contributed by atoms with E-state index >= 15 is 0 Å². The van der Waals surface area contributed by atoms with Crippen LogP contribution in [0.5, 0.6) is 0 Å². The summed E-state index contributed by atoms with van der Waals surface area (Å²) in [4.78, 5) is 28.0. The molecule has 0 radical (unpaired) electrons. The Morgan fingerprint density at radius 3 is 1.98 bits per heavy atom. The van der Waals surface area contributed by atoms with Crippen molar-refractivity contribution in [2.45, 2.75) is 13.3 Å². The van der Waals surface area contributed by atoms with Crippen molar-refractivity contribution in [2.75, 3.05) is 4.90 Å². The first-order valence-electron chi connectivity index (χ1n) is 13.7. The average molecular weight is 575 g/mol. The monoisotopic (exact) mass is 574 g/mol. The van der Waals surface area contributed by atoms with Gasteiger partial charge in [0, 0.05) is 23.3 Å². The molecule has 0 bridgehead atoms. The van der Waals surface area contributed by atoms with E-state index in [9.17, 15) is 14.7 Å². The predicted molar refractivity (Wildman–Crippen MR) is 172 cm³/mol. The zero-order valence-electron chi connectivity index (χ0n) is 23.7. The molecular weight excluding hydrogens is 540 g/mol. The number of carbonyl (C=O) groups is 2. The lowest BCUT2D eigenvalue weighted by atomic mass is 9.97. The summed E-state index contributed by atoms with van der Waals surface area (Å²) in [5, 5.41) is 18.8. The number of allylic oxidation sites excluding steroid dienone is 4. The molecule has 0 fully saturated rings. The number of carboxylic acids is 2. The van der Waals surface area contributed by atoms with Gasteiger partial charge in [-0.05, 0) is 84.3 Å². The lowest BCUT2D eigenvalue weighted by molar-refractivity contribution is -0.132. The molecule has 43 heavy (non-hydrogen) atoms. The number of rotatable bonds is 12. The van der Waals surface area contributed by atoms with Crippen LogP contribution in [0.3, 0.4) is 0 Å². The summed E-state index contributed by atoms with van der Waals surface area (Å²) in [6, 6.07) is 29.9. The number of nitrogens with two attached hydrogens (primary N) is 2. The second kappa shape index (κ2) is 14.2. The Bertz CT molecular complexity index is 1630. The van der Waals surface area contributed by atoms with Crippen LogP contribution in [0, 0.1) is 5.92 Å². The van der Waals surface area contributed by atoms with Gasteiger partial charge < -0.3 is 31.6 Å². The number of para-hydroxylation sites is 2. The second-order valence-electron chi connectivity index (χ2n) is 9.92. The molecule has 218 valence electrons. The number of nitrogens with one attached hydrogen (secondary N) is 1. The highest BCUT2D eigenvalue weighted by Gasteiger charge is 2.13. The normalized spacial score (nSPS) is 13.2. The molecule has 1 heterocycles. The van der Waals surface area contributed by atoms with Gasteiger partial charge in [-0.3, -0.25) is 0 Å². The zero-order chi connectivity index (χ0) is 30.8. The van der Waals surface area contributed by atoms with Gasteiger partial charge in [0.15, 0.2) is 0 Å². The van der Waals surface area contributed by atoms with Crippen LogP contribution >= 0.6 is 0 Å². The SMILES string of the molecule is CC(/C=C(\C=C/N)c1ccc(N(c2ccccc2)c2ccccc2)cc1)C/C=C(\C=C(/N)c1cc(C(=O)O)c[nH]1)C(=O)O. The first kappa shape index (κ1) is 30.2. The van der Waals surface area contributed by atoms with Crippen molar-refractivity contribution in [1.29, 1.82) is 0 Å². The van der Waals surface area contributed by atoms with Crippen molar-refractivity contribution in [1.82, 2.24) is 4.98 Å². The Morgan fingerprint density at radius 2 is 1.47 bits per heavy atom. The van der Waals surface area contributed by atoms with Crippen LogP contribution in [0.2, 0.25) is 0 Å². The predicted octanol–water partition coefficient (Wildman–Crippen LogP) is 7.08. The number of hydrogen-bond donors (Lipinski definition) is 5. The number of aromatic nitrogens is 1. The highest BCUT2D eigenvalue weighted by molar-refractivity contribution is 5.93. The molecule has 0 amide bonds. The topological polar surface area (TPSA) is 146 Å². The van der Waals surface area contributed by atoms with Crippen LogP contribution in [-0.4, -0.2) is 27.1 Å². The van der Waals surface area contributed by atoms with Crippen molar-refractivity contribution in [3.63, 3.8) is 0 Å². The summed E-state index contributed by atoms with van der Waals surface area (Å²) in [5.74, 6) is -2.28. The van der Waals surface area contributed by atoms with E-state index in [-0.39, 0.29) is 22.8 Å². The number of benzene rings is 3. The maximum absolute atomic E-state index is 11.9.